The smallest absolute Gasteiger partial charge is 0.339 e. The van der Waals surface area contributed by atoms with E-state index in [1.807, 2.05) is 4.90 Å². The molecule has 1 saturated heterocycles. The van der Waals surface area contributed by atoms with Crippen molar-refractivity contribution in [2.45, 2.75) is 0 Å². The van der Waals surface area contributed by atoms with Crippen molar-refractivity contribution in [3.63, 3.8) is 0 Å². The lowest BCUT2D eigenvalue weighted by Crippen LogP contribution is -2.37. The first-order chi connectivity index (χ1) is 12.0. The summed E-state index contributed by atoms with van der Waals surface area (Å²) >= 11 is 5.88. The molecule has 1 aliphatic rings. The summed E-state index contributed by atoms with van der Waals surface area (Å²) in [6, 6.07) is 7.89. The molecule has 0 radical (unpaired) electrons. The molecule has 0 aliphatic carbocycles. The van der Waals surface area contributed by atoms with Gasteiger partial charge in [0.25, 0.3) is 5.91 Å². The van der Waals surface area contributed by atoms with Gasteiger partial charge in [0, 0.05) is 23.7 Å². The first-order valence-corrected chi connectivity index (χ1v) is 8.05. The molecule has 8 heteroatoms. The van der Waals surface area contributed by atoms with Gasteiger partial charge in [0.05, 0.1) is 25.1 Å². The van der Waals surface area contributed by atoms with Gasteiger partial charge in [-0.15, -0.1) is 0 Å². The minimum atomic E-state index is -1.10. The summed E-state index contributed by atoms with van der Waals surface area (Å²) in [6.07, 6.45) is 1.44. The third-order valence-electron chi connectivity index (χ3n) is 3.75. The van der Waals surface area contributed by atoms with Crippen molar-refractivity contribution >= 4 is 35.0 Å². The highest BCUT2D eigenvalue weighted by Gasteiger charge is 2.21. The van der Waals surface area contributed by atoms with E-state index >= 15 is 0 Å². The summed E-state index contributed by atoms with van der Waals surface area (Å²) in [5, 5.41) is 12.6. The van der Waals surface area contributed by atoms with Gasteiger partial charge in [0.1, 0.15) is 11.4 Å². The van der Waals surface area contributed by atoms with E-state index < -0.39 is 5.97 Å². The van der Waals surface area contributed by atoms with Gasteiger partial charge in [-0.1, -0.05) is 17.7 Å². The molecule has 0 spiro atoms. The summed E-state index contributed by atoms with van der Waals surface area (Å²) in [5.74, 6) is -1.12. The van der Waals surface area contributed by atoms with Crippen LogP contribution in [0.2, 0.25) is 5.02 Å². The summed E-state index contributed by atoms with van der Waals surface area (Å²) in [4.78, 5) is 29.9. The lowest BCUT2D eigenvalue weighted by atomic mass is 10.2. The Morgan fingerprint density at radius 2 is 2.00 bits per heavy atom. The maximum Gasteiger partial charge on any atom is 0.339 e. The number of hydrogen-bond donors (Lipinski definition) is 2. The van der Waals surface area contributed by atoms with Crippen LogP contribution in [0.3, 0.4) is 0 Å². The largest absolute Gasteiger partial charge is 0.478 e. The average molecular weight is 362 g/mol. The minimum absolute atomic E-state index is 0.0331. The number of aromatic carboxylic acids is 1. The van der Waals surface area contributed by atoms with E-state index in [-0.39, 0.29) is 11.5 Å². The zero-order chi connectivity index (χ0) is 17.8. The molecule has 0 unspecified atom stereocenters. The summed E-state index contributed by atoms with van der Waals surface area (Å²) < 4.78 is 5.27. The van der Waals surface area contributed by atoms with Crippen LogP contribution in [0.5, 0.6) is 0 Å². The maximum atomic E-state index is 12.3. The number of benzene rings is 1. The molecule has 1 fully saturated rings. The Hall–Kier alpha value is -2.64. The number of anilines is 2. The van der Waals surface area contributed by atoms with Gasteiger partial charge in [-0.05, 0) is 24.3 Å². The molecule has 25 heavy (non-hydrogen) atoms. The number of aromatic nitrogens is 1. The van der Waals surface area contributed by atoms with Crippen LogP contribution in [0.4, 0.5) is 11.5 Å². The molecular formula is C17H16ClN3O4. The van der Waals surface area contributed by atoms with E-state index in [1.54, 1.807) is 18.2 Å². The fourth-order valence-corrected chi connectivity index (χ4v) is 2.73. The third kappa shape index (κ3) is 4.07. The quantitative estimate of drug-likeness (QED) is 0.869. The molecule has 0 saturated carbocycles. The molecular weight excluding hydrogens is 346 g/mol. The van der Waals surface area contributed by atoms with Gasteiger partial charge in [-0.25, -0.2) is 9.78 Å². The van der Waals surface area contributed by atoms with E-state index in [0.717, 1.165) is 0 Å². The van der Waals surface area contributed by atoms with Crippen LogP contribution < -0.4 is 10.2 Å². The van der Waals surface area contributed by atoms with Crippen molar-refractivity contribution in [3.8, 4) is 0 Å². The zero-order valence-electron chi connectivity index (χ0n) is 13.2. The number of pyridine rings is 1. The fourth-order valence-electron chi connectivity index (χ4n) is 2.54. The first-order valence-electron chi connectivity index (χ1n) is 7.67. The third-order valence-corrected chi connectivity index (χ3v) is 3.99. The van der Waals surface area contributed by atoms with Crippen LogP contribution >= 0.6 is 11.6 Å². The highest BCUT2D eigenvalue weighted by atomic mass is 35.5. The standard InChI is InChI=1S/C17H16ClN3O4/c18-12-3-1-2-11(8-12)16(22)20-13-9-14(17(23)24)15(19-10-13)21-4-6-25-7-5-21/h1-3,8-10H,4-7H2,(H,20,22)(H,23,24). The lowest BCUT2D eigenvalue weighted by molar-refractivity contribution is 0.0695. The number of halogens is 1. The van der Waals surface area contributed by atoms with Crippen LogP contribution in [0, 0.1) is 0 Å². The van der Waals surface area contributed by atoms with Crippen LogP contribution in [0.15, 0.2) is 36.5 Å². The number of nitrogens with one attached hydrogen (secondary N) is 1. The lowest BCUT2D eigenvalue weighted by Gasteiger charge is -2.28. The molecule has 1 aromatic heterocycles. The number of amides is 1. The molecule has 0 atom stereocenters. The maximum absolute atomic E-state index is 12.3. The minimum Gasteiger partial charge on any atom is -0.478 e. The van der Waals surface area contributed by atoms with E-state index in [2.05, 4.69) is 10.3 Å². The van der Waals surface area contributed by atoms with Crippen molar-refractivity contribution in [1.82, 2.24) is 4.98 Å². The van der Waals surface area contributed by atoms with Crippen LogP contribution in [0.1, 0.15) is 20.7 Å². The summed E-state index contributed by atoms with van der Waals surface area (Å²) in [6.45, 7) is 2.19. The van der Waals surface area contributed by atoms with Crippen LogP contribution in [-0.2, 0) is 4.74 Å². The van der Waals surface area contributed by atoms with E-state index in [0.29, 0.717) is 48.4 Å². The van der Waals surface area contributed by atoms with E-state index in [4.69, 9.17) is 16.3 Å². The van der Waals surface area contributed by atoms with Crippen molar-refractivity contribution in [2.24, 2.45) is 0 Å². The number of carbonyl (C=O) groups excluding carboxylic acids is 1. The second-order valence-corrected chi connectivity index (χ2v) is 5.90. The molecule has 0 bridgehead atoms. The Morgan fingerprint density at radius 1 is 1.24 bits per heavy atom. The first kappa shape index (κ1) is 17.2. The van der Waals surface area contributed by atoms with Crippen LogP contribution in [0.25, 0.3) is 0 Å². The summed E-state index contributed by atoms with van der Waals surface area (Å²) in [7, 11) is 0. The highest BCUT2D eigenvalue weighted by molar-refractivity contribution is 6.31. The Kier molecular flexibility index (Phi) is 5.16. The SMILES string of the molecule is O=C(Nc1cnc(N2CCOCC2)c(C(=O)O)c1)c1cccc(Cl)c1. The number of carboxylic acid groups (broad SMARTS) is 1. The molecule has 7 nitrogen and oxygen atoms in total. The number of morpholine rings is 1. The average Bonchev–Trinajstić information content (AvgIpc) is 2.62. The van der Waals surface area contributed by atoms with Gasteiger partial charge < -0.3 is 20.1 Å². The van der Waals surface area contributed by atoms with Crippen molar-refractivity contribution in [3.05, 3.63) is 52.7 Å². The fraction of sp³-hybridized carbons (Fsp3) is 0.235. The predicted octanol–water partition coefficient (Wildman–Crippen LogP) is 2.52. The number of hydrogen-bond acceptors (Lipinski definition) is 5. The van der Waals surface area contributed by atoms with Crippen LogP contribution in [-0.4, -0.2) is 48.3 Å². The summed E-state index contributed by atoms with van der Waals surface area (Å²) in [5.41, 5.74) is 0.715. The topological polar surface area (TPSA) is 91.8 Å². The van der Waals surface area contributed by atoms with Gasteiger partial charge in [0.15, 0.2) is 0 Å². The number of nitrogens with zero attached hydrogens (tertiary/aromatic N) is 2. The highest BCUT2D eigenvalue weighted by Crippen LogP contribution is 2.23. The molecule has 2 N–H and O–H groups in total. The Balaban J connectivity index is 1.84. The molecule has 1 amide bonds. The van der Waals surface area contributed by atoms with Crippen molar-refractivity contribution in [1.29, 1.82) is 0 Å². The number of rotatable bonds is 4. The number of carbonyl (C=O) groups is 2. The van der Waals surface area contributed by atoms with Gasteiger partial charge in [-0.2, -0.15) is 0 Å². The van der Waals surface area contributed by atoms with Crippen molar-refractivity contribution < 1.29 is 19.4 Å². The second kappa shape index (κ2) is 7.50. The molecule has 1 aromatic carbocycles. The normalized spacial score (nSPS) is 14.2. The molecule has 2 heterocycles. The molecule has 3 rings (SSSR count). The molecule has 1 aliphatic heterocycles. The van der Waals surface area contributed by atoms with E-state index in [9.17, 15) is 14.7 Å². The van der Waals surface area contributed by atoms with Gasteiger partial charge in [0.2, 0.25) is 0 Å². The molecule has 2 aromatic rings. The Morgan fingerprint density at radius 3 is 2.68 bits per heavy atom. The molecule has 130 valence electrons. The Bertz CT molecular complexity index is 806. The zero-order valence-corrected chi connectivity index (χ0v) is 14.0. The number of carboxylic acids is 1. The van der Waals surface area contributed by atoms with Gasteiger partial charge in [-0.3, -0.25) is 4.79 Å². The van der Waals surface area contributed by atoms with E-state index in [1.165, 1.54) is 18.3 Å². The predicted molar refractivity (Wildman–Crippen MR) is 93.6 cm³/mol. The monoisotopic (exact) mass is 361 g/mol. The number of ether oxygens (including phenoxy) is 1. The van der Waals surface area contributed by atoms with Gasteiger partial charge >= 0.3 is 5.97 Å². The van der Waals surface area contributed by atoms with Crippen molar-refractivity contribution in [2.75, 3.05) is 36.5 Å². The Labute approximate surface area is 149 Å². The second-order valence-electron chi connectivity index (χ2n) is 5.46.